The number of carbonyl (C=O) groups is 1. The van der Waals surface area contributed by atoms with Gasteiger partial charge >= 0.3 is 0 Å². The van der Waals surface area contributed by atoms with Crippen molar-refractivity contribution in [1.82, 2.24) is 4.90 Å². The fourth-order valence-corrected chi connectivity index (χ4v) is 4.09. The largest absolute Gasteiger partial charge is 0.497 e. The van der Waals surface area contributed by atoms with Gasteiger partial charge in [-0.25, -0.2) is 0 Å². The van der Waals surface area contributed by atoms with E-state index >= 15 is 0 Å². The van der Waals surface area contributed by atoms with Gasteiger partial charge < -0.3 is 19.4 Å². The zero-order valence-electron chi connectivity index (χ0n) is 16.0. The second-order valence-corrected chi connectivity index (χ2v) is 7.45. The van der Waals surface area contributed by atoms with E-state index in [1.807, 2.05) is 17.0 Å². The Morgan fingerprint density at radius 2 is 1.70 bits per heavy atom. The molecule has 0 radical (unpaired) electrons. The monoisotopic (exact) mass is 366 g/mol. The standard InChI is InChI=1S/C22H27N3O2/c1-27-21-8-6-20(7-9-21)24-14-12-23(13-15-24)17-22(26)25-11-10-18-4-2-3-5-19(18)16-25/h2-9H,10-17H2,1H3/p+1. The normalized spacial score (nSPS) is 17.5. The van der Waals surface area contributed by atoms with Crippen LogP contribution >= 0.6 is 0 Å². The summed E-state index contributed by atoms with van der Waals surface area (Å²) in [6.07, 6.45) is 0.975. The van der Waals surface area contributed by atoms with Gasteiger partial charge in [0.15, 0.2) is 6.54 Å². The Labute approximate surface area is 161 Å². The molecule has 0 saturated carbocycles. The number of anilines is 1. The summed E-state index contributed by atoms with van der Waals surface area (Å²) in [4.78, 5) is 18.6. The Morgan fingerprint density at radius 3 is 2.41 bits per heavy atom. The summed E-state index contributed by atoms with van der Waals surface area (Å²) in [5.74, 6) is 1.18. The number of piperazine rings is 1. The molecule has 1 saturated heterocycles. The molecule has 2 aliphatic rings. The molecule has 2 aromatic rings. The molecule has 4 rings (SSSR count). The molecule has 0 aromatic heterocycles. The minimum Gasteiger partial charge on any atom is -0.497 e. The van der Waals surface area contributed by atoms with Crippen LogP contribution in [0.1, 0.15) is 11.1 Å². The maximum atomic E-state index is 12.8. The number of hydrogen-bond acceptors (Lipinski definition) is 3. The molecule has 1 fully saturated rings. The lowest BCUT2D eigenvalue weighted by atomic mass is 10.00. The van der Waals surface area contributed by atoms with Crippen molar-refractivity contribution in [3.05, 3.63) is 59.7 Å². The topological polar surface area (TPSA) is 37.2 Å². The van der Waals surface area contributed by atoms with Crippen LogP contribution < -0.4 is 14.5 Å². The number of benzene rings is 2. The van der Waals surface area contributed by atoms with Gasteiger partial charge in [-0.05, 0) is 41.8 Å². The first-order chi connectivity index (χ1) is 13.2. The molecule has 1 amide bonds. The average Bonchev–Trinajstić information content (AvgIpc) is 2.74. The Balaban J connectivity index is 1.28. The Bertz CT molecular complexity index is 782. The third kappa shape index (κ3) is 4.08. The molecule has 1 N–H and O–H groups in total. The average molecular weight is 366 g/mol. The number of methoxy groups -OCH3 is 1. The molecule has 2 aromatic carbocycles. The molecule has 142 valence electrons. The minimum absolute atomic E-state index is 0.289. The van der Waals surface area contributed by atoms with Crippen molar-refractivity contribution in [3.63, 3.8) is 0 Å². The lowest BCUT2D eigenvalue weighted by Gasteiger charge is -2.35. The number of amides is 1. The molecule has 27 heavy (non-hydrogen) atoms. The summed E-state index contributed by atoms with van der Waals surface area (Å²) in [5, 5.41) is 0. The molecule has 0 atom stereocenters. The van der Waals surface area contributed by atoms with Crippen molar-refractivity contribution in [2.24, 2.45) is 0 Å². The second kappa shape index (κ2) is 8.01. The van der Waals surface area contributed by atoms with E-state index in [-0.39, 0.29) is 5.91 Å². The quantitative estimate of drug-likeness (QED) is 0.877. The number of carbonyl (C=O) groups excluding carboxylic acids is 1. The first-order valence-electron chi connectivity index (χ1n) is 9.80. The maximum Gasteiger partial charge on any atom is 0.278 e. The minimum atomic E-state index is 0.289. The predicted octanol–water partition coefficient (Wildman–Crippen LogP) is 0.985. The number of rotatable bonds is 4. The van der Waals surface area contributed by atoms with E-state index in [0.717, 1.165) is 51.4 Å². The molecule has 0 spiro atoms. The van der Waals surface area contributed by atoms with E-state index in [1.54, 1.807) is 7.11 Å². The highest BCUT2D eigenvalue weighted by atomic mass is 16.5. The van der Waals surface area contributed by atoms with Crippen LogP contribution in [0.15, 0.2) is 48.5 Å². The molecule has 5 nitrogen and oxygen atoms in total. The van der Waals surface area contributed by atoms with Crippen LogP contribution in [0.3, 0.4) is 0 Å². The highest BCUT2D eigenvalue weighted by Crippen LogP contribution is 2.19. The third-order valence-corrected chi connectivity index (χ3v) is 5.79. The summed E-state index contributed by atoms with van der Waals surface area (Å²) < 4.78 is 5.23. The number of ether oxygens (including phenoxy) is 1. The van der Waals surface area contributed by atoms with Gasteiger partial charge in [0.25, 0.3) is 5.91 Å². The fraction of sp³-hybridized carbons (Fsp3) is 0.409. The highest BCUT2D eigenvalue weighted by Gasteiger charge is 2.26. The van der Waals surface area contributed by atoms with Crippen LogP contribution in [0.25, 0.3) is 0 Å². The predicted molar refractivity (Wildman–Crippen MR) is 106 cm³/mol. The van der Waals surface area contributed by atoms with E-state index < -0.39 is 0 Å². The van der Waals surface area contributed by atoms with Gasteiger partial charge in [0.2, 0.25) is 0 Å². The fourth-order valence-electron chi connectivity index (χ4n) is 4.09. The number of quaternary nitrogens is 1. The molecule has 2 heterocycles. The molecular weight excluding hydrogens is 338 g/mol. The summed E-state index contributed by atoms with van der Waals surface area (Å²) in [5.41, 5.74) is 3.92. The van der Waals surface area contributed by atoms with Gasteiger partial charge in [0, 0.05) is 18.8 Å². The summed E-state index contributed by atoms with van der Waals surface area (Å²) in [6, 6.07) is 16.7. The number of nitrogens with zero attached hydrogens (tertiary/aromatic N) is 2. The van der Waals surface area contributed by atoms with Gasteiger partial charge in [-0.2, -0.15) is 0 Å². The lowest BCUT2D eigenvalue weighted by molar-refractivity contribution is -0.892. The first-order valence-corrected chi connectivity index (χ1v) is 9.80. The van der Waals surface area contributed by atoms with Crippen LogP contribution in [0.4, 0.5) is 5.69 Å². The maximum absolute atomic E-state index is 12.8. The van der Waals surface area contributed by atoms with Crippen LogP contribution in [0.2, 0.25) is 0 Å². The number of fused-ring (bicyclic) bond motifs is 1. The van der Waals surface area contributed by atoms with E-state index in [1.165, 1.54) is 21.7 Å². The lowest BCUT2D eigenvalue weighted by Crippen LogP contribution is -3.15. The van der Waals surface area contributed by atoms with Gasteiger partial charge in [-0.1, -0.05) is 24.3 Å². The molecule has 0 unspecified atom stereocenters. The Morgan fingerprint density at radius 1 is 1.00 bits per heavy atom. The molecule has 0 aliphatic carbocycles. The van der Waals surface area contributed by atoms with Crippen LogP contribution in [0, 0.1) is 0 Å². The van der Waals surface area contributed by atoms with E-state index in [4.69, 9.17) is 4.74 Å². The highest BCUT2D eigenvalue weighted by molar-refractivity contribution is 5.77. The van der Waals surface area contributed by atoms with Crippen molar-refractivity contribution >= 4 is 11.6 Å². The SMILES string of the molecule is COc1ccc(N2CC[NH+](CC(=O)N3CCc4ccccc4C3)CC2)cc1. The van der Waals surface area contributed by atoms with Gasteiger partial charge in [0.1, 0.15) is 5.75 Å². The number of hydrogen-bond donors (Lipinski definition) is 1. The van der Waals surface area contributed by atoms with E-state index in [2.05, 4.69) is 41.3 Å². The zero-order chi connectivity index (χ0) is 18.6. The summed E-state index contributed by atoms with van der Waals surface area (Å²) >= 11 is 0. The smallest absolute Gasteiger partial charge is 0.278 e. The first kappa shape index (κ1) is 17.9. The summed E-state index contributed by atoms with van der Waals surface area (Å²) in [7, 11) is 1.69. The van der Waals surface area contributed by atoms with Crippen LogP contribution in [-0.2, 0) is 17.8 Å². The van der Waals surface area contributed by atoms with Crippen molar-refractivity contribution in [1.29, 1.82) is 0 Å². The Hall–Kier alpha value is -2.53. The van der Waals surface area contributed by atoms with Crippen molar-refractivity contribution in [2.45, 2.75) is 13.0 Å². The van der Waals surface area contributed by atoms with Gasteiger partial charge in [-0.3, -0.25) is 4.79 Å². The van der Waals surface area contributed by atoms with E-state index in [0.29, 0.717) is 6.54 Å². The van der Waals surface area contributed by atoms with Crippen LogP contribution in [0.5, 0.6) is 5.75 Å². The third-order valence-electron chi connectivity index (χ3n) is 5.79. The molecule has 0 bridgehead atoms. The van der Waals surface area contributed by atoms with Gasteiger partial charge in [0.05, 0.1) is 33.3 Å². The molecule has 5 heteroatoms. The van der Waals surface area contributed by atoms with Crippen molar-refractivity contribution in [3.8, 4) is 5.75 Å². The second-order valence-electron chi connectivity index (χ2n) is 7.45. The van der Waals surface area contributed by atoms with Crippen molar-refractivity contribution < 1.29 is 14.4 Å². The zero-order valence-corrected chi connectivity index (χ0v) is 16.0. The molecule has 2 aliphatic heterocycles. The van der Waals surface area contributed by atoms with Crippen LogP contribution in [-0.4, -0.2) is 57.2 Å². The van der Waals surface area contributed by atoms with Gasteiger partial charge in [-0.15, -0.1) is 0 Å². The summed E-state index contributed by atoms with van der Waals surface area (Å²) in [6.45, 7) is 6.19. The Kier molecular flexibility index (Phi) is 5.30. The molecular formula is C22H28N3O2+. The van der Waals surface area contributed by atoms with Crippen molar-refractivity contribution in [2.75, 3.05) is 51.3 Å². The van der Waals surface area contributed by atoms with E-state index in [9.17, 15) is 4.79 Å². The number of nitrogens with one attached hydrogen (secondary N) is 1.